The van der Waals surface area contributed by atoms with E-state index in [1.807, 2.05) is 42.5 Å². The van der Waals surface area contributed by atoms with E-state index in [1.54, 1.807) is 11.3 Å². The molecule has 0 fully saturated rings. The van der Waals surface area contributed by atoms with Crippen LogP contribution in [0.25, 0.3) is 0 Å². The molecule has 3 heteroatoms. The molecule has 17 heavy (non-hydrogen) atoms. The minimum absolute atomic E-state index is 0.0125. The first-order chi connectivity index (χ1) is 8.29. The summed E-state index contributed by atoms with van der Waals surface area (Å²) in [6, 6.07) is 13.8. The third-order valence-corrected chi connectivity index (χ3v) is 3.76. The van der Waals surface area contributed by atoms with Crippen LogP contribution in [-0.2, 0) is 13.0 Å². The molecule has 0 unspecified atom stereocenters. The van der Waals surface area contributed by atoms with Gasteiger partial charge in [-0.2, -0.15) is 0 Å². The van der Waals surface area contributed by atoms with Crippen LogP contribution in [0.15, 0.2) is 42.5 Å². The number of hydrogen-bond acceptors (Lipinski definition) is 2. The number of benzene rings is 1. The Balaban J connectivity index is 1.93. The van der Waals surface area contributed by atoms with Gasteiger partial charge in [0.1, 0.15) is 0 Å². The first kappa shape index (κ1) is 11.9. The fraction of sp³-hybridized carbons (Fsp3) is 0.214. The van der Waals surface area contributed by atoms with Crippen LogP contribution in [0.4, 0.5) is 0 Å². The van der Waals surface area contributed by atoms with Gasteiger partial charge < -0.3 is 5.32 Å². The molecule has 1 N–H and O–H groups in total. The number of aryl methyl sites for hydroxylation is 1. The summed E-state index contributed by atoms with van der Waals surface area (Å²) < 4.78 is 0. The molecule has 0 aliphatic rings. The average Bonchev–Trinajstić information content (AvgIpc) is 2.86. The summed E-state index contributed by atoms with van der Waals surface area (Å²) >= 11 is 1.56. The lowest BCUT2D eigenvalue weighted by Gasteiger charge is -2.03. The van der Waals surface area contributed by atoms with Crippen molar-refractivity contribution in [2.75, 3.05) is 0 Å². The Labute approximate surface area is 105 Å². The van der Waals surface area contributed by atoms with Crippen LogP contribution in [0.3, 0.4) is 0 Å². The van der Waals surface area contributed by atoms with Crippen LogP contribution >= 0.6 is 11.3 Å². The van der Waals surface area contributed by atoms with E-state index in [9.17, 15) is 4.79 Å². The van der Waals surface area contributed by atoms with Crippen LogP contribution in [0, 0.1) is 0 Å². The lowest BCUT2D eigenvalue weighted by Crippen LogP contribution is -2.21. The Hall–Kier alpha value is -1.61. The summed E-state index contributed by atoms with van der Waals surface area (Å²) in [5.41, 5.74) is 1.12. The molecule has 0 saturated carbocycles. The number of hydrogen-bond donors (Lipinski definition) is 1. The van der Waals surface area contributed by atoms with Crippen molar-refractivity contribution in [3.8, 4) is 0 Å². The Kier molecular flexibility index (Phi) is 3.94. The van der Waals surface area contributed by atoms with Gasteiger partial charge in [0.2, 0.25) is 0 Å². The molecule has 2 aromatic rings. The van der Waals surface area contributed by atoms with E-state index in [-0.39, 0.29) is 5.91 Å². The molecule has 0 aliphatic carbocycles. The number of thiophene rings is 1. The highest BCUT2D eigenvalue weighted by molar-refractivity contribution is 7.14. The summed E-state index contributed by atoms with van der Waals surface area (Å²) in [7, 11) is 0. The van der Waals surface area contributed by atoms with E-state index < -0.39 is 0 Å². The van der Waals surface area contributed by atoms with E-state index in [0.29, 0.717) is 6.54 Å². The lowest BCUT2D eigenvalue weighted by molar-refractivity contribution is 0.0955. The zero-order chi connectivity index (χ0) is 12.1. The molecule has 2 rings (SSSR count). The second-order valence-electron chi connectivity index (χ2n) is 3.79. The maximum Gasteiger partial charge on any atom is 0.261 e. The van der Waals surface area contributed by atoms with Gasteiger partial charge in [0, 0.05) is 11.4 Å². The monoisotopic (exact) mass is 245 g/mol. The SMILES string of the molecule is CCc1ccc(C(=O)NCc2ccccc2)s1. The number of carbonyl (C=O) groups excluding carboxylic acids is 1. The van der Waals surface area contributed by atoms with E-state index in [1.165, 1.54) is 4.88 Å². The summed E-state index contributed by atoms with van der Waals surface area (Å²) in [6.07, 6.45) is 0.983. The van der Waals surface area contributed by atoms with Gasteiger partial charge in [-0.1, -0.05) is 37.3 Å². The van der Waals surface area contributed by atoms with Crippen molar-refractivity contribution in [3.63, 3.8) is 0 Å². The molecule has 0 saturated heterocycles. The second-order valence-corrected chi connectivity index (χ2v) is 4.96. The van der Waals surface area contributed by atoms with Gasteiger partial charge in [-0.25, -0.2) is 0 Å². The molecule has 1 amide bonds. The maximum absolute atomic E-state index is 11.8. The molecule has 1 aromatic heterocycles. The number of amides is 1. The fourth-order valence-corrected chi connectivity index (χ4v) is 2.42. The summed E-state index contributed by atoms with van der Waals surface area (Å²) in [5, 5.41) is 2.92. The Morgan fingerprint density at radius 1 is 1.18 bits per heavy atom. The summed E-state index contributed by atoms with van der Waals surface area (Å²) in [4.78, 5) is 13.9. The molecule has 0 bridgehead atoms. The Morgan fingerprint density at radius 2 is 1.94 bits per heavy atom. The zero-order valence-electron chi connectivity index (χ0n) is 9.77. The molecule has 0 spiro atoms. The lowest BCUT2D eigenvalue weighted by atomic mass is 10.2. The van der Waals surface area contributed by atoms with E-state index in [2.05, 4.69) is 12.2 Å². The van der Waals surface area contributed by atoms with Crippen molar-refractivity contribution < 1.29 is 4.79 Å². The third kappa shape index (κ3) is 3.17. The summed E-state index contributed by atoms with van der Waals surface area (Å²) in [5.74, 6) is 0.0125. The van der Waals surface area contributed by atoms with Gasteiger partial charge in [-0.3, -0.25) is 4.79 Å². The van der Waals surface area contributed by atoms with Gasteiger partial charge in [0.05, 0.1) is 4.88 Å². The highest BCUT2D eigenvalue weighted by Gasteiger charge is 2.07. The quantitative estimate of drug-likeness (QED) is 0.880. The van der Waals surface area contributed by atoms with Crippen molar-refractivity contribution in [2.24, 2.45) is 0 Å². The minimum Gasteiger partial charge on any atom is -0.347 e. The van der Waals surface area contributed by atoms with Crippen molar-refractivity contribution in [3.05, 3.63) is 57.8 Å². The van der Waals surface area contributed by atoms with Crippen molar-refractivity contribution in [1.29, 1.82) is 0 Å². The van der Waals surface area contributed by atoms with E-state index in [0.717, 1.165) is 16.9 Å². The number of nitrogens with one attached hydrogen (secondary N) is 1. The summed E-state index contributed by atoms with van der Waals surface area (Å²) in [6.45, 7) is 2.68. The maximum atomic E-state index is 11.8. The van der Waals surface area contributed by atoms with Gasteiger partial charge in [0.15, 0.2) is 0 Å². The first-order valence-corrected chi connectivity index (χ1v) is 6.52. The van der Waals surface area contributed by atoms with Gasteiger partial charge in [-0.15, -0.1) is 11.3 Å². The van der Waals surface area contributed by atoms with E-state index >= 15 is 0 Å². The van der Waals surface area contributed by atoms with Crippen LogP contribution in [0.5, 0.6) is 0 Å². The second kappa shape index (κ2) is 5.64. The highest BCUT2D eigenvalue weighted by atomic mass is 32.1. The largest absolute Gasteiger partial charge is 0.347 e. The molecule has 1 aromatic carbocycles. The normalized spacial score (nSPS) is 10.2. The predicted octanol–water partition coefficient (Wildman–Crippen LogP) is 3.24. The van der Waals surface area contributed by atoms with Crippen LogP contribution < -0.4 is 5.32 Å². The van der Waals surface area contributed by atoms with Gasteiger partial charge in [-0.05, 0) is 24.1 Å². The van der Waals surface area contributed by atoms with Crippen LogP contribution in [0.1, 0.15) is 27.0 Å². The van der Waals surface area contributed by atoms with E-state index in [4.69, 9.17) is 0 Å². The van der Waals surface area contributed by atoms with Gasteiger partial charge >= 0.3 is 0 Å². The molecule has 88 valence electrons. The minimum atomic E-state index is 0.0125. The molecule has 0 radical (unpaired) electrons. The first-order valence-electron chi connectivity index (χ1n) is 5.70. The third-order valence-electron chi connectivity index (χ3n) is 2.53. The molecular weight excluding hydrogens is 230 g/mol. The average molecular weight is 245 g/mol. The van der Waals surface area contributed by atoms with Crippen LogP contribution in [0.2, 0.25) is 0 Å². The molecule has 0 aliphatic heterocycles. The smallest absolute Gasteiger partial charge is 0.261 e. The predicted molar refractivity (Wildman–Crippen MR) is 71.3 cm³/mol. The Morgan fingerprint density at radius 3 is 2.59 bits per heavy atom. The van der Waals surface area contributed by atoms with Crippen molar-refractivity contribution >= 4 is 17.2 Å². The zero-order valence-corrected chi connectivity index (χ0v) is 10.6. The number of rotatable bonds is 4. The molecule has 1 heterocycles. The topological polar surface area (TPSA) is 29.1 Å². The Bertz CT molecular complexity index is 490. The highest BCUT2D eigenvalue weighted by Crippen LogP contribution is 2.16. The standard InChI is InChI=1S/C14H15NOS/c1-2-12-8-9-13(17-12)14(16)15-10-11-6-4-3-5-7-11/h3-9H,2,10H2,1H3,(H,15,16). The molecule has 0 atom stereocenters. The van der Waals surface area contributed by atoms with Crippen LogP contribution in [-0.4, -0.2) is 5.91 Å². The van der Waals surface area contributed by atoms with Crippen molar-refractivity contribution in [1.82, 2.24) is 5.32 Å². The molecular formula is C14H15NOS. The number of carbonyl (C=O) groups is 1. The fourth-order valence-electron chi connectivity index (χ4n) is 1.56. The van der Waals surface area contributed by atoms with Crippen molar-refractivity contribution in [2.45, 2.75) is 19.9 Å². The molecule has 2 nitrogen and oxygen atoms in total. The van der Waals surface area contributed by atoms with Gasteiger partial charge in [0.25, 0.3) is 5.91 Å².